The van der Waals surface area contributed by atoms with Gasteiger partial charge in [0.05, 0.1) is 25.1 Å². The van der Waals surface area contributed by atoms with Crippen LogP contribution in [0, 0.1) is 3.57 Å². The summed E-state index contributed by atoms with van der Waals surface area (Å²) in [6.07, 6.45) is 1.78. The number of hydrogen-bond acceptors (Lipinski definition) is 7. The highest BCUT2D eigenvalue weighted by Gasteiger charge is 2.35. The summed E-state index contributed by atoms with van der Waals surface area (Å²) in [5.74, 6) is 0.641. The number of nitrogens with one attached hydrogen (secondary N) is 1. The summed E-state index contributed by atoms with van der Waals surface area (Å²) in [4.78, 5) is 13.1. The zero-order valence-corrected chi connectivity index (χ0v) is 16.8. The third-order valence-corrected chi connectivity index (χ3v) is 5.50. The Morgan fingerprint density at radius 1 is 1.30 bits per heavy atom. The average Bonchev–Trinajstić information content (AvgIpc) is 3.26. The number of aromatic nitrogens is 4. The van der Waals surface area contributed by atoms with E-state index in [0.717, 1.165) is 5.56 Å². The number of rotatable bonds is 5. The van der Waals surface area contributed by atoms with Gasteiger partial charge in [0.15, 0.2) is 17.0 Å². The molecule has 1 aliphatic rings. The van der Waals surface area contributed by atoms with E-state index in [1.54, 1.807) is 10.9 Å². The van der Waals surface area contributed by atoms with Gasteiger partial charge in [-0.2, -0.15) is 0 Å². The lowest BCUT2D eigenvalue weighted by Gasteiger charge is -2.16. The minimum absolute atomic E-state index is 0.0496. The number of nitrogens with zero attached hydrogens (tertiary/aromatic N) is 4. The maximum atomic E-state index is 9.98. The van der Waals surface area contributed by atoms with Crippen LogP contribution in [0.25, 0.3) is 11.2 Å². The summed E-state index contributed by atoms with van der Waals surface area (Å²) >= 11 is 2.28. The van der Waals surface area contributed by atoms with E-state index in [0.29, 0.717) is 23.4 Å². The van der Waals surface area contributed by atoms with Crippen LogP contribution in [0.3, 0.4) is 0 Å². The van der Waals surface area contributed by atoms with Gasteiger partial charge in [0.1, 0.15) is 18.7 Å². The monoisotopic (exact) mass is 481 g/mol. The molecule has 142 valence electrons. The van der Waals surface area contributed by atoms with Crippen molar-refractivity contribution in [1.82, 2.24) is 19.5 Å². The number of fused-ring (bicyclic) bond motifs is 1. The first kappa shape index (κ1) is 18.5. The molecule has 0 spiro atoms. The molecule has 0 aliphatic carbocycles. The quantitative estimate of drug-likeness (QED) is 0.481. The summed E-state index contributed by atoms with van der Waals surface area (Å²) in [6, 6.07) is 8.35. The van der Waals surface area contributed by atoms with Crippen LogP contribution in [0.1, 0.15) is 31.2 Å². The van der Waals surface area contributed by atoms with Crippen molar-refractivity contribution in [1.29, 1.82) is 0 Å². The Balaban J connectivity index is 1.60. The van der Waals surface area contributed by atoms with E-state index in [1.165, 1.54) is 9.90 Å². The van der Waals surface area contributed by atoms with Crippen LogP contribution in [-0.2, 0) is 4.74 Å². The fourth-order valence-corrected chi connectivity index (χ4v) is 3.62. The first-order valence-corrected chi connectivity index (χ1v) is 9.78. The zero-order chi connectivity index (χ0) is 19.0. The van der Waals surface area contributed by atoms with Crippen LogP contribution in [0.4, 0.5) is 5.82 Å². The number of anilines is 1. The Labute approximate surface area is 169 Å². The van der Waals surface area contributed by atoms with Crippen LogP contribution in [0.2, 0.25) is 0 Å². The molecule has 4 rings (SSSR count). The molecule has 1 fully saturated rings. The molecule has 3 aromatic rings. The van der Waals surface area contributed by atoms with Crippen LogP contribution in [-0.4, -0.2) is 48.5 Å². The SMILES string of the molecule is CC(Nc1ncnc2c1ncn2[C@H]1C[C@@H](O)[C@@H](CO)O1)c1ccc(I)cc1. The molecule has 1 unspecified atom stereocenters. The van der Waals surface area contributed by atoms with Crippen molar-refractivity contribution in [3.8, 4) is 0 Å². The Morgan fingerprint density at radius 3 is 2.78 bits per heavy atom. The van der Waals surface area contributed by atoms with Crippen molar-refractivity contribution in [3.63, 3.8) is 0 Å². The lowest BCUT2D eigenvalue weighted by molar-refractivity contribution is -0.0432. The highest BCUT2D eigenvalue weighted by Crippen LogP contribution is 2.32. The van der Waals surface area contributed by atoms with Crippen LogP contribution < -0.4 is 5.32 Å². The van der Waals surface area contributed by atoms with Gasteiger partial charge < -0.3 is 20.3 Å². The van der Waals surface area contributed by atoms with Crippen molar-refractivity contribution in [2.75, 3.05) is 11.9 Å². The van der Waals surface area contributed by atoms with Crippen molar-refractivity contribution >= 4 is 39.6 Å². The number of halogens is 1. The standard InChI is InChI=1S/C18H20IN5O3/c1-10(11-2-4-12(19)5-3-11)23-17-16-18(21-8-20-17)24(9-22-16)15-6-13(26)14(7-25)27-15/h2-5,8-10,13-15,25-26H,6-7H2,1H3,(H,20,21,23)/t10?,13-,14-,15-/m1/s1. The highest BCUT2D eigenvalue weighted by molar-refractivity contribution is 14.1. The largest absolute Gasteiger partial charge is 0.394 e. The fraction of sp³-hybridized carbons (Fsp3) is 0.389. The van der Waals surface area contributed by atoms with Crippen molar-refractivity contribution in [2.45, 2.75) is 37.8 Å². The highest BCUT2D eigenvalue weighted by atomic mass is 127. The predicted octanol–water partition coefficient (Wildman–Crippen LogP) is 2.24. The number of benzene rings is 1. The normalized spacial score (nSPS) is 23.6. The maximum Gasteiger partial charge on any atom is 0.167 e. The smallest absolute Gasteiger partial charge is 0.167 e. The van der Waals surface area contributed by atoms with E-state index in [-0.39, 0.29) is 12.6 Å². The Bertz CT molecular complexity index is 932. The Morgan fingerprint density at radius 2 is 2.07 bits per heavy atom. The number of aliphatic hydroxyl groups is 2. The van der Waals surface area contributed by atoms with Crippen molar-refractivity contribution in [3.05, 3.63) is 46.1 Å². The number of aliphatic hydroxyl groups excluding tert-OH is 2. The molecule has 0 saturated carbocycles. The lowest BCUT2D eigenvalue weighted by Crippen LogP contribution is -2.24. The van der Waals surface area contributed by atoms with Gasteiger partial charge in [0.2, 0.25) is 0 Å². The van der Waals surface area contributed by atoms with E-state index in [9.17, 15) is 10.2 Å². The van der Waals surface area contributed by atoms with Gasteiger partial charge in [-0.15, -0.1) is 0 Å². The molecule has 0 bridgehead atoms. The van der Waals surface area contributed by atoms with Crippen molar-refractivity contribution in [2.24, 2.45) is 0 Å². The molecule has 1 aromatic carbocycles. The van der Waals surface area contributed by atoms with E-state index in [2.05, 4.69) is 74.0 Å². The average molecular weight is 481 g/mol. The van der Waals surface area contributed by atoms with Gasteiger partial charge in [0.25, 0.3) is 0 Å². The topological polar surface area (TPSA) is 105 Å². The predicted molar refractivity (Wildman–Crippen MR) is 108 cm³/mol. The molecule has 9 heteroatoms. The minimum Gasteiger partial charge on any atom is -0.394 e. The molecule has 27 heavy (non-hydrogen) atoms. The van der Waals surface area contributed by atoms with Gasteiger partial charge in [-0.05, 0) is 47.2 Å². The summed E-state index contributed by atoms with van der Waals surface area (Å²) in [5, 5.41) is 22.7. The third kappa shape index (κ3) is 3.64. The van der Waals surface area contributed by atoms with Gasteiger partial charge in [-0.1, -0.05) is 12.1 Å². The molecule has 4 atom stereocenters. The second-order valence-corrected chi connectivity index (χ2v) is 7.82. The Kier molecular flexibility index (Phi) is 5.26. The van der Waals surface area contributed by atoms with Crippen molar-refractivity contribution < 1.29 is 14.9 Å². The van der Waals surface area contributed by atoms with E-state index < -0.39 is 18.4 Å². The van der Waals surface area contributed by atoms with Gasteiger partial charge in [0, 0.05) is 9.99 Å². The summed E-state index contributed by atoms with van der Waals surface area (Å²) in [6.45, 7) is 1.84. The molecular weight excluding hydrogens is 461 g/mol. The molecule has 0 radical (unpaired) electrons. The molecule has 1 aliphatic heterocycles. The molecule has 3 N–H and O–H groups in total. The first-order chi connectivity index (χ1) is 13.1. The van der Waals surface area contributed by atoms with Gasteiger partial charge in [-0.3, -0.25) is 4.57 Å². The molecule has 3 heterocycles. The molecule has 0 amide bonds. The van der Waals surface area contributed by atoms with Gasteiger partial charge >= 0.3 is 0 Å². The first-order valence-electron chi connectivity index (χ1n) is 8.70. The number of ether oxygens (including phenoxy) is 1. The molecule has 1 saturated heterocycles. The fourth-order valence-electron chi connectivity index (χ4n) is 3.26. The second kappa shape index (κ2) is 7.66. The van der Waals surface area contributed by atoms with Gasteiger partial charge in [-0.25, -0.2) is 15.0 Å². The minimum atomic E-state index is -0.710. The van der Waals surface area contributed by atoms with E-state index >= 15 is 0 Å². The molecule has 8 nitrogen and oxygen atoms in total. The lowest BCUT2D eigenvalue weighted by atomic mass is 10.1. The third-order valence-electron chi connectivity index (χ3n) is 4.78. The Hall–Kier alpha value is -1.82. The molecular formula is C18H20IN5O3. The van der Waals surface area contributed by atoms with E-state index in [4.69, 9.17) is 4.74 Å². The van der Waals surface area contributed by atoms with E-state index in [1.807, 2.05) is 0 Å². The number of imidazole rings is 1. The molecule has 2 aromatic heterocycles. The van der Waals surface area contributed by atoms with Crippen LogP contribution in [0.5, 0.6) is 0 Å². The van der Waals surface area contributed by atoms with Crippen LogP contribution >= 0.6 is 22.6 Å². The maximum absolute atomic E-state index is 9.98. The second-order valence-electron chi connectivity index (χ2n) is 6.58. The summed E-state index contributed by atoms with van der Waals surface area (Å²) in [7, 11) is 0. The summed E-state index contributed by atoms with van der Waals surface area (Å²) < 4.78 is 8.68. The number of hydrogen-bond donors (Lipinski definition) is 3. The van der Waals surface area contributed by atoms with Crippen LogP contribution in [0.15, 0.2) is 36.9 Å². The summed E-state index contributed by atoms with van der Waals surface area (Å²) in [5.41, 5.74) is 2.41. The zero-order valence-electron chi connectivity index (χ0n) is 14.7.